The molecule has 0 fully saturated rings. The van der Waals surface area contributed by atoms with Gasteiger partial charge in [0.1, 0.15) is 6.29 Å². The number of fused-ring (bicyclic) bond motifs is 1. The van der Waals surface area contributed by atoms with Gasteiger partial charge in [0.25, 0.3) is 0 Å². The summed E-state index contributed by atoms with van der Waals surface area (Å²) in [6.07, 6.45) is 1.30. The van der Waals surface area contributed by atoms with Gasteiger partial charge in [-0.25, -0.2) is 0 Å². The van der Waals surface area contributed by atoms with Gasteiger partial charge in [-0.2, -0.15) is 0 Å². The molecule has 2 aromatic carbocycles. The Morgan fingerprint density at radius 2 is 1.94 bits per heavy atom. The number of amides is 1. The second-order valence-corrected chi connectivity index (χ2v) is 4.29. The van der Waals surface area contributed by atoms with Crippen LogP contribution in [0.3, 0.4) is 0 Å². The van der Waals surface area contributed by atoms with Crippen LogP contribution in [0.15, 0.2) is 42.5 Å². The fourth-order valence-electron chi connectivity index (χ4n) is 2.10. The van der Waals surface area contributed by atoms with Crippen LogP contribution in [0.5, 0.6) is 0 Å². The first-order chi connectivity index (χ1) is 8.70. The highest BCUT2D eigenvalue weighted by Gasteiger charge is 2.11. The Kier molecular flexibility index (Phi) is 3.72. The van der Waals surface area contributed by atoms with Crippen LogP contribution in [-0.4, -0.2) is 18.2 Å². The third-order valence-electron chi connectivity index (χ3n) is 2.87. The van der Waals surface area contributed by atoms with Crippen molar-refractivity contribution in [2.45, 2.75) is 19.4 Å². The van der Waals surface area contributed by atoms with Crippen LogP contribution < -0.4 is 5.32 Å². The molecule has 3 nitrogen and oxygen atoms in total. The quantitative estimate of drug-likeness (QED) is 0.833. The Labute approximate surface area is 106 Å². The minimum absolute atomic E-state index is 0.188. The van der Waals surface area contributed by atoms with Crippen molar-refractivity contribution in [1.82, 2.24) is 5.32 Å². The second kappa shape index (κ2) is 5.45. The third kappa shape index (κ3) is 2.74. The highest BCUT2D eigenvalue weighted by Crippen LogP contribution is 2.19. The standard InChI is InChI=1S/C15H15NO2/c1-11(18)16-14(10-17)9-13-7-4-6-12-5-2-3-8-15(12)13/h2-8,10,14H,9H2,1H3,(H,16,18). The Morgan fingerprint density at radius 1 is 1.22 bits per heavy atom. The summed E-state index contributed by atoms with van der Waals surface area (Å²) < 4.78 is 0. The average molecular weight is 241 g/mol. The van der Waals surface area contributed by atoms with Gasteiger partial charge in [0.15, 0.2) is 0 Å². The second-order valence-electron chi connectivity index (χ2n) is 4.29. The van der Waals surface area contributed by atoms with Crippen molar-refractivity contribution in [2.24, 2.45) is 0 Å². The molecule has 2 aromatic rings. The summed E-state index contributed by atoms with van der Waals surface area (Å²) in [7, 11) is 0. The van der Waals surface area contributed by atoms with Gasteiger partial charge >= 0.3 is 0 Å². The van der Waals surface area contributed by atoms with Crippen molar-refractivity contribution in [3.63, 3.8) is 0 Å². The zero-order valence-corrected chi connectivity index (χ0v) is 10.2. The van der Waals surface area contributed by atoms with Crippen molar-refractivity contribution >= 4 is 23.0 Å². The summed E-state index contributed by atoms with van der Waals surface area (Å²) in [5, 5.41) is 4.90. The van der Waals surface area contributed by atoms with E-state index in [0.29, 0.717) is 6.42 Å². The summed E-state index contributed by atoms with van der Waals surface area (Å²) >= 11 is 0. The molecule has 0 spiro atoms. The van der Waals surface area contributed by atoms with Gasteiger partial charge in [0, 0.05) is 13.3 Å². The number of carbonyl (C=O) groups excluding carboxylic acids is 2. The molecule has 0 saturated heterocycles. The van der Waals surface area contributed by atoms with E-state index in [-0.39, 0.29) is 5.91 Å². The molecule has 18 heavy (non-hydrogen) atoms. The predicted molar refractivity (Wildman–Crippen MR) is 71.3 cm³/mol. The molecule has 0 radical (unpaired) electrons. The molecule has 1 atom stereocenters. The van der Waals surface area contributed by atoms with Gasteiger partial charge in [-0.15, -0.1) is 0 Å². The maximum absolute atomic E-state index is 11.0. The molecule has 1 N–H and O–H groups in total. The van der Waals surface area contributed by atoms with Crippen molar-refractivity contribution in [3.8, 4) is 0 Å². The number of hydrogen-bond acceptors (Lipinski definition) is 2. The van der Waals surface area contributed by atoms with Crippen molar-refractivity contribution in [1.29, 1.82) is 0 Å². The molecule has 92 valence electrons. The molecule has 0 saturated carbocycles. The summed E-state index contributed by atoms with van der Waals surface area (Å²) in [5.74, 6) is -0.188. The maximum atomic E-state index is 11.0. The van der Waals surface area contributed by atoms with Gasteiger partial charge in [-0.1, -0.05) is 42.5 Å². The Hall–Kier alpha value is -2.16. The van der Waals surface area contributed by atoms with Crippen molar-refractivity contribution in [3.05, 3.63) is 48.0 Å². The van der Waals surface area contributed by atoms with E-state index < -0.39 is 6.04 Å². The minimum Gasteiger partial charge on any atom is -0.346 e. The summed E-state index contributed by atoms with van der Waals surface area (Å²) in [4.78, 5) is 22.0. The molecular weight excluding hydrogens is 226 g/mol. The molecule has 1 unspecified atom stereocenters. The van der Waals surface area contributed by atoms with Gasteiger partial charge in [0.2, 0.25) is 5.91 Å². The number of benzene rings is 2. The molecule has 0 aromatic heterocycles. The van der Waals surface area contributed by atoms with Crippen molar-refractivity contribution < 1.29 is 9.59 Å². The smallest absolute Gasteiger partial charge is 0.217 e. The predicted octanol–water partition coefficient (Wildman–Crippen LogP) is 2.09. The van der Waals surface area contributed by atoms with Crippen LogP contribution in [0, 0.1) is 0 Å². The summed E-state index contributed by atoms with van der Waals surface area (Å²) in [6.45, 7) is 1.42. The summed E-state index contributed by atoms with van der Waals surface area (Å²) in [6, 6.07) is 13.5. The zero-order chi connectivity index (χ0) is 13.0. The van der Waals surface area contributed by atoms with E-state index in [1.165, 1.54) is 6.92 Å². The molecule has 0 bridgehead atoms. The molecule has 0 heterocycles. The Morgan fingerprint density at radius 3 is 2.67 bits per heavy atom. The molecule has 1 amide bonds. The zero-order valence-electron chi connectivity index (χ0n) is 10.2. The van der Waals surface area contributed by atoms with Gasteiger partial charge in [-0.3, -0.25) is 4.79 Å². The fraction of sp³-hybridized carbons (Fsp3) is 0.200. The van der Waals surface area contributed by atoms with E-state index in [2.05, 4.69) is 5.32 Å². The van der Waals surface area contributed by atoms with Crippen LogP contribution in [0.4, 0.5) is 0 Å². The Balaban J connectivity index is 2.30. The van der Waals surface area contributed by atoms with E-state index in [1.54, 1.807) is 0 Å². The van der Waals surface area contributed by atoms with Gasteiger partial charge < -0.3 is 10.1 Å². The van der Waals surface area contributed by atoms with E-state index >= 15 is 0 Å². The lowest BCUT2D eigenvalue weighted by molar-refractivity contribution is -0.122. The first-order valence-corrected chi connectivity index (χ1v) is 5.90. The molecule has 3 heteroatoms. The highest BCUT2D eigenvalue weighted by atomic mass is 16.2. The number of rotatable bonds is 4. The van der Waals surface area contributed by atoms with E-state index in [1.807, 2.05) is 42.5 Å². The lowest BCUT2D eigenvalue weighted by Gasteiger charge is -2.13. The summed E-state index contributed by atoms with van der Waals surface area (Å²) in [5.41, 5.74) is 1.07. The topological polar surface area (TPSA) is 46.2 Å². The minimum atomic E-state index is -0.465. The molecule has 0 aliphatic carbocycles. The number of nitrogens with one attached hydrogen (secondary N) is 1. The Bertz CT molecular complexity index is 572. The van der Waals surface area contributed by atoms with Crippen LogP contribution in [0.25, 0.3) is 10.8 Å². The number of carbonyl (C=O) groups is 2. The molecule has 0 aliphatic heterocycles. The van der Waals surface area contributed by atoms with Crippen molar-refractivity contribution in [2.75, 3.05) is 0 Å². The van der Waals surface area contributed by atoms with E-state index in [9.17, 15) is 9.59 Å². The van der Waals surface area contributed by atoms with Gasteiger partial charge in [-0.05, 0) is 16.3 Å². The first kappa shape index (κ1) is 12.3. The normalized spacial score (nSPS) is 12.1. The number of hydrogen-bond donors (Lipinski definition) is 1. The lowest BCUT2D eigenvalue weighted by Crippen LogP contribution is -2.36. The molecular formula is C15H15NO2. The SMILES string of the molecule is CC(=O)NC(C=O)Cc1cccc2ccccc12. The lowest BCUT2D eigenvalue weighted by atomic mass is 9.99. The number of aldehydes is 1. The largest absolute Gasteiger partial charge is 0.346 e. The molecule has 2 rings (SSSR count). The van der Waals surface area contributed by atoms with E-state index in [0.717, 1.165) is 22.6 Å². The van der Waals surface area contributed by atoms with E-state index in [4.69, 9.17) is 0 Å². The average Bonchev–Trinajstić information content (AvgIpc) is 2.38. The van der Waals surface area contributed by atoms with Crippen LogP contribution >= 0.6 is 0 Å². The van der Waals surface area contributed by atoms with Crippen LogP contribution in [0.2, 0.25) is 0 Å². The maximum Gasteiger partial charge on any atom is 0.217 e. The monoisotopic (exact) mass is 241 g/mol. The third-order valence-corrected chi connectivity index (χ3v) is 2.87. The molecule has 0 aliphatic rings. The van der Waals surface area contributed by atoms with Crippen LogP contribution in [0.1, 0.15) is 12.5 Å². The first-order valence-electron chi connectivity index (χ1n) is 5.90. The van der Waals surface area contributed by atoms with Crippen LogP contribution in [-0.2, 0) is 16.0 Å². The van der Waals surface area contributed by atoms with Gasteiger partial charge in [0.05, 0.1) is 6.04 Å². The fourth-order valence-corrected chi connectivity index (χ4v) is 2.10. The highest BCUT2D eigenvalue weighted by molar-refractivity contribution is 5.86.